The Balaban J connectivity index is 1.56. The standard InChI is InChI=1S/C12H21N3O3S/c16-19(17,15-11-13-10-14-15)9-3-7-18-8-6-12-4-1-2-5-12/h10-12H,1-9H2. The first kappa shape index (κ1) is 14.5. The van der Waals surface area contributed by atoms with Crippen LogP contribution >= 0.6 is 0 Å². The van der Waals surface area contributed by atoms with E-state index in [2.05, 4.69) is 10.1 Å². The summed E-state index contributed by atoms with van der Waals surface area (Å²) in [6.07, 6.45) is 9.37. The van der Waals surface area contributed by atoms with Crippen LogP contribution in [0.3, 0.4) is 0 Å². The van der Waals surface area contributed by atoms with Gasteiger partial charge in [0, 0.05) is 13.2 Å². The average molecular weight is 287 g/mol. The molecule has 0 bridgehead atoms. The third-order valence-corrected chi connectivity index (χ3v) is 5.08. The normalized spacial score (nSPS) is 17.1. The molecular formula is C12H21N3O3S. The molecule has 0 saturated heterocycles. The molecule has 1 saturated carbocycles. The minimum absolute atomic E-state index is 0.0415. The summed E-state index contributed by atoms with van der Waals surface area (Å²) < 4.78 is 29.9. The second kappa shape index (κ2) is 7.00. The second-order valence-corrected chi connectivity index (χ2v) is 6.94. The van der Waals surface area contributed by atoms with Crippen LogP contribution in [0, 0.1) is 5.92 Å². The molecule has 19 heavy (non-hydrogen) atoms. The molecule has 7 heteroatoms. The van der Waals surface area contributed by atoms with Gasteiger partial charge in [0.15, 0.2) is 0 Å². The predicted molar refractivity (Wildman–Crippen MR) is 71.2 cm³/mol. The minimum Gasteiger partial charge on any atom is -0.381 e. The van der Waals surface area contributed by atoms with E-state index in [0.29, 0.717) is 13.0 Å². The number of nitrogens with zero attached hydrogens (tertiary/aromatic N) is 3. The van der Waals surface area contributed by atoms with E-state index in [0.717, 1.165) is 23.0 Å². The first-order valence-electron chi connectivity index (χ1n) is 6.84. The molecule has 1 aromatic rings. The van der Waals surface area contributed by atoms with Crippen LogP contribution in [0.5, 0.6) is 0 Å². The molecule has 1 fully saturated rings. The molecule has 1 heterocycles. The summed E-state index contributed by atoms with van der Waals surface area (Å²) in [5, 5.41) is 3.63. The van der Waals surface area contributed by atoms with E-state index in [1.807, 2.05) is 0 Å². The summed E-state index contributed by atoms with van der Waals surface area (Å²) in [6, 6.07) is 0. The van der Waals surface area contributed by atoms with Crippen LogP contribution in [-0.2, 0) is 14.8 Å². The van der Waals surface area contributed by atoms with E-state index in [-0.39, 0.29) is 5.75 Å². The number of hydrogen-bond acceptors (Lipinski definition) is 5. The van der Waals surface area contributed by atoms with Crippen molar-refractivity contribution >= 4 is 10.0 Å². The van der Waals surface area contributed by atoms with Crippen molar-refractivity contribution in [1.82, 2.24) is 14.2 Å². The van der Waals surface area contributed by atoms with Crippen molar-refractivity contribution in [2.24, 2.45) is 5.92 Å². The van der Waals surface area contributed by atoms with Gasteiger partial charge in [0.2, 0.25) is 0 Å². The van der Waals surface area contributed by atoms with E-state index in [1.165, 1.54) is 38.3 Å². The average Bonchev–Trinajstić information content (AvgIpc) is 3.05. The molecule has 108 valence electrons. The summed E-state index contributed by atoms with van der Waals surface area (Å²) >= 11 is 0. The highest BCUT2D eigenvalue weighted by molar-refractivity contribution is 7.89. The highest BCUT2D eigenvalue weighted by atomic mass is 32.2. The largest absolute Gasteiger partial charge is 0.381 e. The molecule has 1 aliphatic carbocycles. The summed E-state index contributed by atoms with van der Waals surface area (Å²) in [5.41, 5.74) is 0. The Morgan fingerprint density at radius 3 is 2.74 bits per heavy atom. The second-order valence-electron chi connectivity index (χ2n) is 4.99. The fourth-order valence-electron chi connectivity index (χ4n) is 2.43. The molecule has 0 atom stereocenters. The van der Waals surface area contributed by atoms with Gasteiger partial charge in [0.25, 0.3) is 10.0 Å². The van der Waals surface area contributed by atoms with Crippen molar-refractivity contribution in [3.8, 4) is 0 Å². The van der Waals surface area contributed by atoms with E-state index in [1.54, 1.807) is 0 Å². The van der Waals surface area contributed by atoms with E-state index >= 15 is 0 Å². The topological polar surface area (TPSA) is 74.1 Å². The van der Waals surface area contributed by atoms with Crippen LogP contribution in [0.1, 0.15) is 38.5 Å². The first-order valence-corrected chi connectivity index (χ1v) is 8.45. The maximum absolute atomic E-state index is 11.7. The van der Waals surface area contributed by atoms with E-state index in [9.17, 15) is 8.42 Å². The van der Waals surface area contributed by atoms with E-state index < -0.39 is 10.0 Å². The Labute approximate surface area is 114 Å². The zero-order valence-corrected chi connectivity index (χ0v) is 11.9. The first-order chi connectivity index (χ1) is 9.18. The van der Waals surface area contributed by atoms with Gasteiger partial charge in [-0.2, -0.15) is 0 Å². The maximum atomic E-state index is 11.7. The summed E-state index contributed by atoms with van der Waals surface area (Å²) in [6.45, 7) is 1.23. The molecule has 0 N–H and O–H groups in total. The van der Waals surface area contributed by atoms with Crippen molar-refractivity contribution in [3.63, 3.8) is 0 Å². The Hall–Kier alpha value is -0.950. The summed E-state index contributed by atoms with van der Waals surface area (Å²) in [5.74, 6) is 0.860. The Morgan fingerprint density at radius 2 is 2.05 bits per heavy atom. The van der Waals surface area contributed by atoms with Gasteiger partial charge < -0.3 is 4.74 Å². The van der Waals surface area contributed by atoms with Crippen LogP contribution < -0.4 is 0 Å². The Bertz CT molecular complexity index is 453. The monoisotopic (exact) mass is 287 g/mol. The van der Waals surface area contributed by atoms with Gasteiger partial charge in [0.1, 0.15) is 12.7 Å². The van der Waals surface area contributed by atoms with Crippen molar-refractivity contribution in [2.45, 2.75) is 38.5 Å². The van der Waals surface area contributed by atoms with Gasteiger partial charge in [0.05, 0.1) is 5.75 Å². The van der Waals surface area contributed by atoms with Crippen LogP contribution in [0.25, 0.3) is 0 Å². The third-order valence-electron chi connectivity index (χ3n) is 3.52. The number of hydrogen-bond donors (Lipinski definition) is 0. The smallest absolute Gasteiger partial charge is 0.255 e. The number of rotatable bonds is 8. The lowest BCUT2D eigenvalue weighted by atomic mass is 10.1. The van der Waals surface area contributed by atoms with Crippen molar-refractivity contribution < 1.29 is 13.2 Å². The van der Waals surface area contributed by atoms with Gasteiger partial charge in [-0.15, -0.1) is 9.19 Å². The molecule has 6 nitrogen and oxygen atoms in total. The fraction of sp³-hybridized carbons (Fsp3) is 0.833. The molecule has 1 aromatic heterocycles. The van der Waals surface area contributed by atoms with E-state index in [4.69, 9.17) is 4.74 Å². The van der Waals surface area contributed by atoms with Gasteiger partial charge in [-0.25, -0.2) is 13.4 Å². The lowest BCUT2D eigenvalue weighted by molar-refractivity contribution is 0.121. The minimum atomic E-state index is -3.36. The SMILES string of the molecule is O=S(=O)(CCCOCCC1CCCC1)n1cncn1. The molecule has 1 aliphatic rings. The Kier molecular flexibility index (Phi) is 5.33. The van der Waals surface area contributed by atoms with Gasteiger partial charge in [-0.3, -0.25) is 0 Å². The van der Waals surface area contributed by atoms with Crippen LogP contribution in [0.4, 0.5) is 0 Å². The Morgan fingerprint density at radius 1 is 1.26 bits per heavy atom. The molecule has 0 aromatic carbocycles. The third kappa shape index (κ3) is 4.58. The molecule has 0 unspecified atom stereocenters. The highest BCUT2D eigenvalue weighted by Gasteiger charge is 2.15. The lowest BCUT2D eigenvalue weighted by Crippen LogP contribution is -2.18. The van der Waals surface area contributed by atoms with Gasteiger partial charge in [-0.1, -0.05) is 25.7 Å². The summed E-state index contributed by atoms with van der Waals surface area (Å²) in [7, 11) is -3.36. The van der Waals surface area contributed by atoms with Crippen molar-refractivity contribution in [1.29, 1.82) is 0 Å². The van der Waals surface area contributed by atoms with Crippen LogP contribution in [0.2, 0.25) is 0 Å². The van der Waals surface area contributed by atoms with Gasteiger partial charge in [-0.05, 0) is 18.8 Å². The maximum Gasteiger partial charge on any atom is 0.255 e. The molecule has 0 aliphatic heterocycles. The quantitative estimate of drug-likeness (QED) is 0.676. The van der Waals surface area contributed by atoms with Gasteiger partial charge >= 0.3 is 0 Å². The number of aromatic nitrogens is 3. The predicted octanol–water partition coefficient (Wildman–Crippen LogP) is 1.44. The van der Waals surface area contributed by atoms with Crippen molar-refractivity contribution in [2.75, 3.05) is 19.0 Å². The lowest BCUT2D eigenvalue weighted by Gasteiger charge is -2.09. The fourth-order valence-corrected chi connectivity index (χ4v) is 3.48. The molecular weight excluding hydrogens is 266 g/mol. The molecule has 2 rings (SSSR count). The van der Waals surface area contributed by atoms with Crippen molar-refractivity contribution in [3.05, 3.63) is 12.7 Å². The number of ether oxygens (including phenoxy) is 1. The molecule has 0 amide bonds. The van der Waals surface area contributed by atoms with Crippen LogP contribution in [0.15, 0.2) is 12.7 Å². The molecule has 0 spiro atoms. The summed E-state index contributed by atoms with van der Waals surface area (Å²) in [4.78, 5) is 3.63. The molecule has 0 radical (unpaired) electrons. The zero-order chi connectivity index (χ0) is 13.6. The highest BCUT2D eigenvalue weighted by Crippen LogP contribution is 2.27. The zero-order valence-electron chi connectivity index (χ0n) is 11.1. The van der Waals surface area contributed by atoms with Crippen LogP contribution in [-0.4, -0.2) is 41.6 Å².